The molecular weight excluding hydrogens is 351 g/mol. The van der Waals surface area contributed by atoms with Crippen molar-refractivity contribution in [1.29, 1.82) is 0 Å². The zero-order chi connectivity index (χ0) is 18.1. The first-order valence-corrected chi connectivity index (χ1v) is 9.84. The molecule has 2 fully saturated rings. The molecule has 2 aliphatic heterocycles. The Morgan fingerprint density at radius 3 is 2.50 bits per heavy atom. The summed E-state index contributed by atoms with van der Waals surface area (Å²) in [6, 6.07) is 7.19. The van der Waals surface area contributed by atoms with Gasteiger partial charge < -0.3 is 9.80 Å². The second-order valence-corrected chi connectivity index (χ2v) is 8.29. The second-order valence-electron chi connectivity index (χ2n) is 6.97. The fraction of sp³-hybridized carbons (Fsp3) is 0.474. The standard InChI is InChI=1S/C19H23FN4OS/c1-14-21-11-18(26-14)10-19(25)24-12-17(13-24)23-8-6-22(7-9-23)16-4-2-15(20)3-5-16/h2-5,11,17H,6-10,12-13H2,1H3. The largest absolute Gasteiger partial charge is 0.369 e. The number of halogens is 1. The minimum atomic E-state index is -0.194. The lowest BCUT2D eigenvalue weighted by atomic mass is 10.0. The number of amides is 1. The molecule has 1 aromatic carbocycles. The van der Waals surface area contributed by atoms with E-state index >= 15 is 0 Å². The Morgan fingerprint density at radius 2 is 1.88 bits per heavy atom. The number of likely N-dealkylation sites (tertiary alicyclic amines) is 1. The molecule has 0 N–H and O–H groups in total. The van der Waals surface area contributed by atoms with Gasteiger partial charge in [0.1, 0.15) is 5.82 Å². The number of rotatable bonds is 4. The van der Waals surface area contributed by atoms with Crippen molar-refractivity contribution in [1.82, 2.24) is 14.8 Å². The topological polar surface area (TPSA) is 39.7 Å². The van der Waals surface area contributed by atoms with Crippen molar-refractivity contribution in [3.63, 3.8) is 0 Å². The molecule has 7 heteroatoms. The Balaban J connectivity index is 1.23. The molecule has 0 aliphatic carbocycles. The van der Waals surface area contributed by atoms with Gasteiger partial charge in [0.05, 0.1) is 11.4 Å². The van der Waals surface area contributed by atoms with Crippen molar-refractivity contribution in [2.45, 2.75) is 19.4 Å². The van der Waals surface area contributed by atoms with E-state index in [2.05, 4.69) is 14.8 Å². The number of thiazole rings is 1. The van der Waals surface area contributed by atoms with Gasteiger partial charge in [-0.05, 0) is 31.2 Å². The summed E-state index contributed by atoms with van der Waals surface area (Å²) in [5.41, 5.74) is 1.08. The van der Waals surface area contributed by atoms with Crippen LogP contribution in [0.5, 0.6) is 0 Å². The number of carbonyl (C=O) groups excluding carboxylic acids is 1. The zero-order valence-electron chi connectivity index (χ0n) is 14.9. The molecule has 2 aliphatic rings. The first kappa shape index (κ1) is 17.4. The van der Waals surface area contributed by atoms with Crippen LogP contribution >= 0.6 is 11.3 Å². The van der Waals surface area contributed by atoms with E-state index in [4.69, 9.17) is 0 Å². The lowest BCUT2D eigenvalue weighted by molar-refractivity contribution is -0.137. The third kappa shape index (κ3) is 3.73. The van der Waals surface area contributed by atoms with Crippen LogP contribution in [0.15, 0.2) is 30.5 Å². The van der Waals surface area contributed by atoms with Crippen LogP contribution in [0.4, 0.5) is 10.1 Å². The van der Waals surface area contributed by atoms with Gasteiger partial charge in [0.15, 0.2) is 0 Å². The van der Waals surface area contributed by atoms with Gasteiger partial charge in [-0.25, -0.2) is 9.37 Å². The highest BCUT2D eigenvalue weighted by molar-refractivity contribution is 7.11. The van der Waals surface area contributed by atoms with Gasteiger partial charge in [0, 0.05) is 62.1 Å². The summed E-state index contributed by atoms with van der Waals surface area (Å²) < 4.78 is 13.1. The normalized spacial score (nSPS) is 18.8. The zero-order valence-corrected chi connectivity index (χ0v) is 15.7. The summed E-state index contributed by atoms with van der Waals surface area (Å²) in [5.74, 6) is 0.00921. The fourth-order valence-corrected chi connectivity index (χ4v) is 4.42. The number of carbonyl (C=O) groups is 1. The van der Waals surface area contributed by atoms with Crippen molar-refractivity contribution in [3.8, 4) is 0 Å². The first-order chi connectivity index (χ1) is 12.6. The van der Waals surface area contributed by atoms with Crippen molar-refractivity contribution in [2.75, 3.05) is 44.2 Å². The Labute approximate surface area is 157 Å². The smallest absolute Gasteiger partial charge is 0.227 e. The van der Waals surface area contributed by atoms with Crippen LogP contribution < -0.4 is 4.90 Å². The molecule has 1 aromatic heterocycles. The highest BCUT2D eigenvalue weighted by Crippen LogP contribution is 2.22. The number of anilines is 1. The molecule has 1 amide bonds. The number of nitrogens with zero attached hydrogens (tertiary/aromatic N) is 4. The van der Waals surface area contributed by atoms with Gasteiger partial charge in [-0.3, -0.25) is 9.69 Å². The van der Waals surface area contributed by atoms with E-state index in [1.807, 2.05) is 30.2 Å². The quantitative estimate of drug-likeness (QED) is 0.822. The van der Waals surface area contributed by atoms with Gasteiger partial charge in [0.2, 0.25) is 5.91 Å². The molecule has 2 aromatic rings. The minimum absolute atomic E-state index is 0.194. The molecule has 0 spiro atoms. The van der Waals surface area contributed by atoms with E-state index in [9.17, 15) is 9.18 Å². The van der Waals surface area contributed by atoms with E-state index in [0.29, 0.717) is 12.5 Å². The van der Waals surface area contributed by atoms with E-state index in [-0.39, 0.29) is 11.7 Å². The molecule has 0 unspecified atom stereocenters. The van der Waals surface area contributed by atoms with E-state index < -0.39 is 0 Å². The van der Waals surface area contributed by atoms with Crippen molar-refractivity contribution in [2.24, 2.45) is 0 Å². The van der Waals surface area contributed by atoms with Crippen molar-refractivity contribution < 1.29 is 9.18 Å². The number of aryl methyl sites for hydroxylation is 1. The minimum Gasteiger partial charge on any atom is -0.369 e. The lowest BCUT2D eigenvalue weighted by Crippen LogP contribution is -2.64. The second kappa shape index (κ2) is 7.32. The molecule has 26 heavy (non-hydrogen) atoms. The van der Waals surface area contributed by atoms with Crippen LogP contribution in [0.25, 0.3) is 0 Å². The highest BCUT2D eigenvalue weighted by Gasteiger charge is 2.36. The van der Waals surface area contributed by atoms with Crippen LogP contribution in [0, 0.1) is 12.7 Å². The number of hydrogen-bond acceptors (Lipinski definition) is 5. The van der Waals surface area contributed by atoms with Gasteiger partial charge in [-0.15, -0.1) is 11.3 Å². The van der Waals surface area contributed by atoms with Crippen LogP contribution in [-0.4, -0.2) is 66.0 Å². The highest BCUT2D eigenvalue weighted by atomic mass is 32.1. The van der Waals surface area contributed by atoms with E-state index in [1.165, 1.54) is 12.1 Å². The summed E-state index contributed by atoms with van der Waals surface area (Å²) in [6.07, 6.45) is 2.28. The molecule has 4 rings (SSSR count). The number of piperazine rings is 1. The average Bonchev–Trinajstić information content (AvgIpc) is 3.00. The molecule has 0 bridgehead atoms. The third-order valence-electron chi connectivity index (χ3n) is 5.23. The summed E-state index contributed by atoms with van der Waals surface area (Å²) >= 11 is 1.60. The Morgan fingerprint density at radius 1 is 1.19 bits per heavy atom. The molecule has 3 heterocycles. The van der Waals surface area contributed by atoms with E-state index in [0.717, 1.165) is 54.8 Å². The summed E-state index contributed by atoms with van der Waals surface area (Å²) in [6.45, 7) is 7.47. The summed E-state index contributed by atoms with van der Waals surface area (Å²) in [7, 11) is 0. The molecule has 0 radical (unpaired) electrons. The maximum absolute atomic E-state index is 13.1. The molecule has 0 saturated carbocycles. The predicted molar refractivity (Wildman–Crippen MR) is 101 cm³/mol. The number of aromatic nitrogens is 1. The molecular formula is C19H23FN4OS. The maximum atomic E-state index is 13.1. The van der Waals surface area contributed by atoms with Crippen LogP contribution in [0.2, 0.25) is 0 Å². The monoisotopic (exact) mass is 374 g/mol. The summed E-state index contributed by atoms with van der Waals surface area (Å²) in [5, 5.41) is 1.01. The Bertz CT molecular complexity index is 764. The molecule has 138 valence electrons. The number of benzene rings is 1. The third-order valence-corrected chi connectivity index (χ3v) is 6.14. The van der Waals surface area contributed by atoms with Crippen LogP contribution in [-0.2, 0) is 11.2 Å². The molecule has 0 atom stereocenters. The van der Waals surface area contributed by atoms with Crippen molar-refractivity contribution >= 4 is 22.9 Å². The fourth-order valence-electron chi connectivity index (χ4n) is 3.63. The van der Waals surface area contributed by atoms with E-state index in [1.54, 1.807) is 11.3 Å². The predicted octanol–water partition coefficient (Wildman–Crippen LogP) is 2.17. The Kier molecular flexibility index (Phi) is 4.91. The van der Waals surface area contributed by atoms with Crippen LogP contribution in [0.3, 0.4) is 0 Å². The van der Waals surface area contributed by atoms with Gasteiger partial charge in [-0.1, -0.05) is 0 Å². The maximum Gasteiger partial charge on any atom is 0.227 e. The summed E-state index contributed by atoms with van der Waals surface area (Å²) in [4.78, 5) is 24.3. The Hall–Kier alpha value is -1.99. The van der Waals surface area contributed by atoms with Gasteiger partial charge >= 0.3 is 0 Å². The van der Waals surface area contributed by atoms with Gasteiger partial charge in [-0.2, -0.15) is 0 Å². The molecule has 5 nitrogen and oxygen atoms in total. The lowest BCUT2D eigenvalue weighted by Gasteiger charge is -2.48. The number of hydrogen-bond donors (Lipinski definition) is 0. The van der Waals surface area contributed by atoms with Gasteiger partial charge in [0.25, 0.3) is 0 Å². The average molecular weight is 374 g/mol. The van der Waals surface area contributed by atoms with Crippen LogP contribution in [0.1, 0.15) is 9.88 Å². The van der Waals surface area contributed by atoms with Crippen molar-refractivity contribution in [3.05, 3.63) is 46.2 Å². The molecule has 2 saturated heterocycles. The first-order valence-electron chi connectivity index (χ1n) is 9.02. The SMILES string of the molecule is Cc1ncc(CC(=O)N2CC(N3CCN(c4ccc(F)cc4)CC3)C2)s1.